The molecule has 0 aliphatic rings. The predicted molar refractivity (Wildman–Crippen MR) is 71.0 cm³/mol. The van der Waals surface area contributed by atoms with Crippen LogP contribution in [0.4, 0.5) is 11.4 Å². The third kappa shape index (κ3) is 4.32. The average Bonchev–Trinajstić information content (AvgIpc) is 2.44. The van der Waals surface area contributed by atoms with E-state index in [0.29, 0.717) is 6.42 Å². The maximum absolute atomic E-state index is 11.6. The van der Waals surface area contributed by atoms with Crippen molar-refractivity contribution < 1.29 is 19.6 Å². The third-order valence-electron chi connectivity index (χ3n) is 2.57. The molecule has 3 N–H and O–H groups in total. The number of benzene rings is 1. The fraction of sp³-hybridized carbons (Fsp3) is 0.333. The van der Waals surface area contributed by atoms with Crippen LogP contribution in [0.1, 0.15) is 13.3 Å². The van der Waals surface area contributed by atoms with Crippen LogP contribution >= 0.6 is 0 Å². The summed E-state index contributed by atoms with van der Waals surface area (Å²) in [4.78, 5) is 33.1. The summed E-state index contributed by atoms with van der Waals surface area (Å²) in [5.74, 6) is -1.85. The van der Waals surface area contributed by atoms with Gasteiger partial charge in [0.2, 0.25) is 0 Å². The largest absolute Gasteiger partial charge is 0.394 e. The minimum Gasteiger partial charge on any atom is -0.394 e. The van der Waals surface area contributed by atoms with Crippen LogP contribution in [-0.4, -0.2) is 34.5 Å². The van der Waals surface area contributed by atoms with Gasteiger partial charge in [-0.25, -0.2) is 0 Å². The van der Waals surface area contributed by atoms with Crippen molar-refractivity contribution in [1.29, 1.82) is 0 Å². The van der Waals surface area contributed by atoms with Gasteiger partial charge in [0, 0.05) is 17.8 Å². The Morgan fingerprint density at radius 3 is 2.65 bits per heavy atom. The lowest BCUT2D eigenvalue weighted by Gasteiger charge is -2.13. The van der Waals surface area contributed by atoms with Gasteiger partial charge in [0.15, 0.2) is 0 Å². The first-order valence-electron chi connectivity index (χ1n) is 5.95. The number of anilines is 1. The summed E-state index contributed by atoms with van der Waals surface area (Å²) in [5, 5.41) is 24.1. The van der Waals surface area contributed by atoms with Gasteiger partial charge in [-0.15, -0.1) is 0 Å². The number of aliphatic hydroxyl groups excluding tert-OH is 1. The van der Waals surface area contributed by atoms with Crippen LogP contribution in [0.5, 0.6) is 0 Å². The van der Waals surface area contributed by atoms with Crippen LogP contribution in [0.25, 0.3) is 0 Å². The molecule has 1 aromatic rings. The Balaban J connectivity index is 2.68. The summed E-state index contributed by atoms with van der Waals surface area (Å²) in [6, 6.07) is 4.75. The number of nitrogens with zero attached hydrogens (tertiary/aromatic N) is 1. The van der Waals surface area contributed by atoms with E-state index >= 15 is 0 Å². The van der Waals surface area contributed by atoms with E-state index < -0.39 is 22.8 Å². The molecule has 0 heterocycles. The number of hydrogen-bond donors (Lipinski definition) is 3. The standard InChI is InChI=1S/C12H15N3O5/c1-2-8(7-16)13-11(17)12(18)14-9-4-3-5-10(6-9)15(19)20/h3-6,8,16H,2,7H2,1H3,(H,13,17)(H,14,18). The summed E-state index contributed by atoms with van der Waals surface area (Å²) in [6.07, 6.45) is 0.479. The second-order valence-corrected chi connectivity index (χ2v) is 4.02. The zero-order chi connectivity index (χ0) is 15.1. The molecule has 8 heteroatoms. The zero-order valence-corrected chi connectivity index (χ0v) is 10.8. The first-order valence-corrected chi connectivity index (χ1v) is 5.95. The second-order valence-electron chi connectivity index (χ2n) is 4.02. The fourth-order valence-electron chi connectivity index (χ4n) is 1.41. The maximum Gasteiger partial charge on any atom is 0.313 e. The van der Waals surface area contributed by atoms with Crippen molar-refractivity contribution in [3.63, 3.8) is 0 Å². The summed E-state index contributed by atoms with van der Waals surface area (Å²) < 4.78 is 0. The lowest BCUT2D eigenvalue weighted by molar-refractivity contribution is -0.384. The Hall–Kier alpha value is -2.48. The van der Waals surface area contributed by atoms with Gasteiger partial charge >= 0.3 is 11.8 Å². The van der Waals surface area contributed by atoms with Gasteiger partial charge in [-0.05, 0) is 12.5 Å². The molecule has 0 saturated heterocycles. The van der Waals surface area contributed by atoms with Crippen LogP contribution in [0, 0.1) is 10.1 Å². The highest BCUT2D eigenvalue weighted by atomic mass is 16.6. The molecule has 1 aromatic carbocycles. The minimum atomic E-state index is -0.947. The number of amides is 2. The second kappa shape index (κ2) is 7.19. The van der Waals surface area contributed by atoms with E-state index in [0.717, 1.165) is 6.07 Å². The molecular weight excluding hydrogens is 266 g/mol. The van der Waals surface area contributed by atoms with Crippen molar-refractivity contribution in [3.05, 3.63) is 34.4 Å². The number of carbonyl (C=O) groups is 2. The van der Waals surface area contributed by atoms with E-state index in [-0.39, 0.29) is 18.0 Å². The highest BCUT2D eigenvalue weighted by Gasteiger charge is 2.18. The highest BCUT2D eigenvalue weighted by molar-refractivity contribution is 6.39. The number of hydrogen-bond acceptors (Lipinski definition) is 5. The fourth-order valence-corrected chi connectivity index (χ4v) is 1.41. The molecule has 0 bridgehead atoms. The lowest BCUT2D eigenvalue weighted by atomic mass is 10.2. The molecule has 1 atom stereocenters. The van der Waals surface area contributed by atoms with Crippen LogP contribution in [0.15, 0.2) is 24.3 Å². The molecule has 8 nitrogen and oxygen atoms in total. The summed E-state index contributed by atoms with van der Waals surface area (Å²) >= 11 is 0. The Labute approximate surface area is 114 Å². The number of non-ortho nitro benzene ring substituents is 1. The lowest BCUT2D eigenvalue weighted by Crippen LogP contribution is -2.43. The number of aliphatic hydroxyl groups is 1. The van der Waals surface area contributed by atoms with Gasteiger partial charge < -0.3 is 15.7 Å². The quantitative estimate of drug-likeness (QED) is 0.410. The third-order valence-corrected chi connectivity index (χ3v) is 2.57. The Bertz CT molecular complexity index is 514. The van der Waals surface area contributed by atoms with Gasteiger partial charge in [0.1, 0.15) is 0 Å². The van der Waals surface area contributed by atoms with Crippen molar-refractivity contribution in [3.8, 4) is 0 Å². The smallest absolute Gasteiger partial charge is 0.313 e. The summed E-state index contributed by atoms with van der Waals surface area (Å²) in [5.41, 5.74) is -0.0404. The highest BCUT2D eigenvalue weighted by Crippen LogP contribution is 2.16. The van der Waals surface area contributed by atoms with Gasteiger partial charge in [-0.3, -0.25) is 19.7 Å². The van der Waals surface area contributed by atoms with Gasteiger partial charge in [-0.1, -0.05) is 13.0 Å². The zero-order valence-electron chi connectivity index (χ0n) is 10.8. The van der Waals surface area contributed by atoms with Crippen LogP contribution in [0.2, 0.25) is 0 Å². The molecule has 1 unspecified atom stereocenters. The molecule has 0 aliphatic heterocycles. The number of nitro groups is 1. The first kappa shape index (κ1) is 15.6. The Kier molecular flexibility index (Phi) is 5.60. The van der Waals surface area contributed by atoms with Gasteiger partial charge in [-0.2, -0.15) is 0 Å². The van der Waals surface area contributed by atoms with Crippen molar-refractivity contribution in [2.45, 2.75) is 19.4 Å². The van der Waals surface area contributed by atoms with E-state index in [4.69, 9.17) is 5.11 Å². The number of nitro benzene ring substituents is 1. The van der Waals surface area contributed by atoms with E-state index in [1.54, 1.807) is 6.92 Å². The Morgan fingerprint density at radius 2 is 2.10 bits per heavy atom. The van der Waals surface area contributed by atoms with Gasteiger partial charge in [0.25, 0.3) is 5.69 Å². The minimum absolute atomic E-state index is 0.149. The first-order chi connectivity index (χ1) is 9.47. The molecule has 0 aliphatic carbocycles. The maximum atomic E-state index is 11.6. The summed E-state index contributed by atoms with van der Waals surface area (Å²) in [7, 11) is 0. The van der Waals surface area contributed by atoms with Crippen molar-refractivity contribution >= 4 is 23.2 Å². The van der Waals surface area contributed by atoms with E-state index in [1.807, 2.05) is 0 Å². The Morgan fingerprint density at radius 1 is 1.40 bits per heavy atom. The summed E-state index contributed by atoms with van der Waals surface area (Å²) in [6.45, 7) is 1.48. The van der Waals surface area contributed by atoms with Crippen molar-refractivity contribution in [2.24, 2.45) is 0 Å². The van der Waals surface area contributed by atoms with E-state index in [2.05, 4.69) is 10.6 Å². The van der Waals surface area contributed by atoms with Crippen LogP contribution in [-0.2, 0) is 9.59 Å². The SMILES string of the molecule is CCC(CO)NC(=O)C(=O)Nc1cccc([N+](=O)[O-])c1. The average molecular weight is 281 g/mol. The van der Waals surface area contributed by atoms with E-state index in [9.17, 15) is 19.7 Å². The predicted octanol–water partition coefficient (Wildman–Crippen LogP) is 0.420. The van der Waals surface area contributed by atoms with Gasteiger partial charge in [0.05, 0.1) is 17.6 Å². The van der Waals surface area contributed by atoms with Crippen molar-refractivity contribution in [2.75, 3.05) is 11.9 Å². The molecular formula is C12H15N3O5. The van der Waals surface area contributed by atoms with Crippen molar-refractivity contribution in [1.82, 2.24) is 5.32 Å². The molecule has 20 heavy (non-hydrogen) atoms. The molecule has 0 radical (unpaired) electrons. The van der Waals surface area contributed by atoms with Crippen LogP contribution < -0.4 is 10.6 Å². The molecule has 1 rings (SSSR count). The molecule has 0 spiro atoms. The molecule has 0 fully saturated rings. The molecule has 108 valence electrons. The topological polar surface area (TPSA) is 122 Å². The molecule has 0 aromatic heterocycles. The van der Waals surface area contributed by atoms with Crippen LogP contribution in [0.3, 0.4) is 0 Å². The number of carbonyl (C=O) groups excluding carboxylic acids is 2. The number of nitrogens with one attached hydrogen (secondary N) is 2. The normalized spacial score (nSPS) is 11.5. The molecule has 0 saturated carbocycles. The van der Waals surface area contributed by atoms with E-state index in [1.165, 1.54) is 18.2 Å². The monoisotopic (exact) mass is 281 g/mol. The molecule has 2 amide bonds. The number of rotatable bonds is 5.